The molecule has 3 aromatic carbocycles. The van der Waals surface area contributed by atoms with Gasteiger partial charge in [-0.2, -0.15) is 0 Å². The largest absolute Gasteiger partial charge is 0.355 e. The quantitative estimate of drug-likeness (QED) is 0.544. The van der Waals surface area contributed by atoms with Crippen molar-refractivity contribution in [3.8, 4) is 11.1 Å². The number of nitrogens with one attached hydrogen (secondary N) is 2. The predicted molar refractivity (Wildman–Crippen MR) is 104 cm³/mol. The van der Waals surface area contributed by atoms with Crippen molar-refractivity contribution in [1.29, 1.82) is 5.41 Å². The van der Waals surface area contributed by atoms with Crippen LogP contribution < -0.4 is 5.32 Å². The molecular formula is C22H21FN2. The van der Waals surface area contributed by atoms with Crippen LogP contribution in [0.4, 0.5) is 15.8 Å². The Morgan fingerprint density at radius 1 is 0.960 bits per heavy atom. The van der Waals surface area contributed by atoms with Gasteiger partial charge in [-0.1, -0.05) is 43.3 Å². The fourth-order valence-corrected chi connectivity index (χ4v) is 2.76. The molecule has 0 bridgehead atoms. The fourth-order valence-electron chi connectivity index (χ4n) is 2.76. The summed E-state index contributed by atoms with van der Waals surface area (Å²) in [4.78, 5) is 0. The maximum atomic E-state index is 13.6. The van der Waals surface area contributed by atoms with Gasteiger partial charge in [0.1, 0.15) is 5.82 Å². The molecule has 0 aliphatic rings. The van der Waals surface area contributed by atoms with Gasteiger partial charge < -0.3 is 10.7 Å². The molecule has 0 aliphatic carbocycles. The molecule has 0 spiro atoms. The van der Waals surface area contributed by atoms with Gasteiger partial charge in [0.25, 0.3) is 0 Å². The number of rotatable bonds is 5. The lowest BCUT2D eigenvalue weighted by Crippen LogP contribution is -1.98. The van der Waals surface area contributed by atoms with Crippen LogP contribution in [0.1, 0.15) is 23.6 Å². The zero-order valence-corrected chi connectivity index (χ0v) is 14.4. The highest BCUT2D eigenvalue weighted by Gasteiger charge is 2.06. The van der Waals surface area contributed by atoms with Gasteiger partial charge in [-0.3, -0.25) is 0 Å². The second-order valence-corrected chi connectivity index (χ2v) is 6.09. The van der Waals surface area contributed by atoms with Crippen molar-refractivity contribution in [3.05, 3.63) is 83.2 Å². The topological polar surface area (TPSA) is 35.9 Å². The maximum absolute atomic E-state index is 13.6. The van der Waals surface area contributed by atoms with Gasteiger partial charge in [0.05, 0.1) is 0 Å². The van der Waals surface area contributed by atoms with E-state index < -0.39 is 0 Å². The average molecular weight is 332 g/mol. The van der Waals surface area contributed by atoms with Crippen LogP contribution >= 0.6 is 0 Å². The average Bonchev–Trinajstić information content (AvgIpc) is 2.65. The summed E-state index contributed by atoms with van der Waals surface area (Å²) in [5, 5.41) is 10.7. The SMILES string of the molecule is CCc1ccc(-c2ccc(Nc3cc(C)c(F)cc3C=N)cc2)cc1. The highest BCUT2D eigenvalue weighted by Crippen LogP contribution is 2.26. The highest BCUT2D eigenvalue weighted by molar-refractivity contribution is 5.87. The normalized spacial score (nSPS) is 10.5. The molecule has 0 aliphatic heterocycles. The Kier molecular flexibility index (Phi) is 4.94. The Bertz CT molecular complexity index is 881. The first-order chi connectivity index (χ1) is 12.1. The molecule has 0 aromatic heterocycles. The molecule has 2 N–H and O–H groups in total. The zero-order valence-electron chi connectivity index (χ0n) is 14.4. The number of benzene rings is 3. The van der Waals surface area contributed by atoms with Gasteiger partial charge in [0.2, 0.25) is 0 Å². The van der Waals surface area contributed by atoms with E-state index in [-0.39, 0.29) is 5.82 Å². The molecule has 0 radical (unpaired) electrons. The van der Waals surface area contributed by atoms with Crippen molar-refractivity contribution >= 4 is 17.6 Å². The molecule has 0 atom stereocenters. The molecule has 0 saturated heterocycles. The third-order valence-corrected chi connectivity index (χ3v) is 4.35. The van der Waals surface area contributed by atoms with Crippen LogP contribution in [0.2, 0.25) is 0 Å². The smallest absolute Gasteiger partial charge is 0.126 e. The molecule has 3 aromatic rings. The van der Waals surface area contributed by atoms with Crippen molar-refractivity contribution in [2.75, 3.05) is 5.32 Å². The maximum Gasteiger partial charge on any atom is 0.126 e. The Hall–Kier alpha value is -2.94. The Balaban J connectivity index is 1.83. The molecule has 3 rings (SSSR count). The van der Waals surface area contributed by atoms with E-state index in [1.807, 2.05) is 12.1 Å². The molecule has 2 nitrogen and oxygen atoms in total. The van der Waals surface area contributed by atoms with Crippen molar-refractivity contribution in [2.24, 2.45) is 0 Å². The van der Waals surface area contributed by atoms with E-state index in [2.05, 4.69) is 48.6 Å². The summed E-state index contributed by atoms with van der Waals surface area (Å²) in [6, 6.07) is 19.8. The summed E-state index contributed by atoms with van der Waals surface area (Å²) in [6.07, 6.45) is 2.20. The molecule has 0 unspecified atom stereocenters. The van der Waals surface area contributed by atoms with Crippen LogP contribution in [0, 0.1) is 18.2 Å². The van der Waals surface area contributed by atoms with Crippen molar-refractivity contribution < 1.29 is 4.39 Å². The minimum absolute atomic E-state index is 0.296. The number of anilines is 2. The van der Waals surface area contributed by atoms with Crippen LogP contribution in [0.3, 0.4) is 0 Å². The molecule has 0 saturated carbocycles. The summed E-state index contributed by atoms with van der Waals surface area (Å²) in [5.41, 5.74) is 6.38. The molecule has 3 heteroatoms. The van der Waals surface area contributed by atoms with E-state index >= 15 is 0 Å². The third kappa shape index (κ3) is 3.77. The lowest BCUT2D eigenvalue weighted by atomic mass is 10.0. The van der Waals surface area contributed by atoms with Crippen molar-refractivity contribution in [3.63, 3.8) is 0 Å². The summed E-state index contributed by atoms with van der Waals surface area (Å²) in [7, 11) is 0. The van der Waals surface area contributed by atoms with Crippen LogP contribution in [0.5, 0.6) is 0 Å². The van der Waals surface area contributed by atoms with E-state index in [1.165, 1.54) is 17.2 Å². The van der Waals surface area contributed by atoms with E-state index in [1.54, 1.807) is 13.0 Å². The Morgan fingerprint density at radius 2 is 1.56 bits per heavy atom. The van der Waals surface area contributed by atoms with Gasteiger partial charge in [-0.15, -0.1) is 0 Å². The molecular weight excluding hydrogens is 311 g/mol. The number of halogens is 1. The fraction of sp³-hybridized carbons (Fsp3) is 0.136. The van der Waals surface area contributed by atoms with E-state index in [9.17, 15) is 4.39 Å². The molecule has 0 amide bonds. The second kappa shape index (κ2) is 7.31. The molecule has 25 heavy (non-hydrogen) atoms. The molecule has 0 heterocycles. The van der Waals surface area contributed by atoms with E-state index in [0.29, 0.717) is 11.1 Å². The minimum Gasteiger partial charge on any atom is -0.355 e. The van der Waals surface area contributed by atoms with Crippen LogP contribution in [-0.2, 0) is 6.42 Å². The number of aryl methyl sites for hydroxylation is 2. The molecule has 126 valence electrons. The van der Waals surface area contributed by atoms with E-state index in [0.717, 1.165) is 29.6 Å². The van der Waals surface area contributed by atoms with Gasteiger partial charge in [-0.05, 0) is 59.9 Å². The summed E-state index contributed by atoms with van der Waals surface area (Å²) < 4.78 is 13.6. The lowest BCUT2D eigenvalue weighted by Gasteiger charge is -2.12. The van der Waals surface area contributed by atoms with Gasteiger partial charge in [-0.25, -0.2) is 4.39 Å². The van der Waals surface area contributed by atoms with Crippen LogP contribution in [-0.4, -0.2) is 6.21 Å². The zero-order chi connectivity index (χ0) is 17.8. The van der Waals surface area contributed by atoms with Crippen molar-refractivity contribution in [1.82, 2.24) is 0 Å². The lowest BCUT2D eigenvalue weighted by molar-refractivity contribution is 0.618. The van der Waals surface area contributed by atoms with Gasteiger partial charge >= 0.3 is 0 Å². The Labute approximate surface area is 147 Å². The highest BCUT2D eigenvalue weighted by atomic mass is 19.1. The van der Waals surface area contributed by atoms with Gasteiger partial charge in [0, 0.05) is 23.2 Å². The van der Waals surface area contributed by atoms with Crippen LogP contribution in [0.25, 0.3) is 11.1 Å². The summed E-state index contributed by atoms with van der Waals surface area (Å²) in [6.45, 7) is 3.87. The third-order valence-electron chi connectivity index (χ3n) is 4.35. The van der Waals surface area contributed by atoms with Crippen molar-refractivity contribution in [2.45, 2.75) is 20.3 Å². The number of hydrogen-bond donors (Lipinski definition) is 2. The van der Waals surface area contributed by atoms with Crippen LogP contribution in [0.15, 0.2) is 60.7 Å². The first-order valence-corrected chi connectivity index (χ1v) is 8.37. The standard InChI is InChI=1S/C22H21FN2/c1-3-16-4-6-17(7-5-16)18-8-10-20(11-9-18)25-22-12-15(2)21(23)13-19(22)14-24/h4-14,24-25H,3H2,1-2H3. The monoisotopic (exact) mass is 332 g/mol. The first kappa shape index (κ1) is 16.9. The predicted octanol–water partition coefficient (Wildman–Crippen LogP) is 6.10. The Morgan fingerprint density at radius 3 is 2.12 bits per heavy atom. The van der Waals surface area contributed by atoms with Gasteiger partial charge in [0.15, 0.2) is 0 Å². The summed E-state index contributed by atoms with van der Waals surface area (Å²) >= 11 is 0. The van der Waals surface area contributed by atoms with E-state index in [4.69, 9.17) is 5.41 Å². The molecule has 0 fully saturated rings. The second-order valence-electron chi connectivity index (χ2n) is 6.09. The minimum atomic E-state index is -0.296. The summed E-state index contributed by atoms with van der Waals surface area (Å²) in [5.74, 6) is -0.296. The number of hydrogen-bond acceptors (Lipinski definition) is 2. The first-order valence-electron chi connectivity index (χ1n) is 8.37.